The fraction of sp³-hybridized carbons (Fsp3) is 0.423. The lowest BCUT2D eigenvalue weighted by atomic mass is 9.61. The van der Waals surface area contributed by atoms with Crippen LogP contribution < -0.4 is 14.2 Å². The fourth-order valence-electron chi connectivity index (χ4n) is 5.71. The Bertz CT molecular complexity index is 1200. The number of nitrogens with zero attached hydrogens (tertiary/aromatic N) is 1. The molecule has 7 nitrogen and oxygen atoms in total. The standard InChI is InChI=1S/C26H26ClNO6/c1-13-9-17-20(16(10-15(12-29)28-17)14-7-5-4-6-8-14)24(30)26(13)25(31)21-18(32-2)11-19(33-3)22(27)23(21)34-26/h4-8,11,13,15-16,20,29H,9-10,12H2,1-3H3. The van der Waals surface area contributed by atoms with Gasteiger partial charge in [-0.15, -0.1) is 0 Å². The third kappa shape index (κ3) is 3.10. The molecule has 1 N–H and O–H groups in total. The highest BCUT2D eigenvalue weighted by Gasteiger charge is 2.65. The zero-order valence-corrected chi connectivity index (χ0v) is 20.0. The quantitative estimate of drug-likeness (QED) is 0.663. The van der Waals surface area contributed by atoms with E-state index in [0.717, 1.165) is 5.56 Å². The van der Waals surface area contributed by atoms with Crippen molar-refractivity contribution in [2.24, 2.45) is 16.8 Å². The lowest BCUT2D eigenvalue weighted by Crippen LogP contribution is -2.62. The van der Waals surface area contributed by atoms with E-state index in [1.807, 2.05) is 37.3 Å². The smallest absolute Gasteiger partial charge is 0.233 e. The van der Waals surface area contributed by atoms with Crippen LogP contribution in [0, 0.1) is 11.8 Å². The molecule has 5 unspecified atom stereocenters. The maximum atomic E-state index is 14.3. The van der Waals surface area contributed by atoms with Crippen LogP contribution in [-0.4, -0.2) is 54.9 Å². The number of aliphatic hydroxyl groups is 1. The van der Waals surface area contributed by atoms with Crippen LogP contribution in [0.15, 0.2) is 41.4 Å². The lowest BCUT2D eigenvalue weighted by Gasteiger charge is -2.45. The van der Waals surface area contributed by atoms with Crippen molar-refractivity contribution in [3.8, 4) is 17.2 Å². The molecule has 2 heterocycles. The maximum absolute atomic E-state index is 14.3. The van der Waals surface area contributed by atoms with Gasteiger partial charge in [0.05, 0.1) is 32.8 Å². The number of aliphatic hydroxyl groups excluding tert-OH is 1. The van der Waals surface area contributed by atoms with Gasteiger partial charge in [0.25, 0.3) is 0 Å². The number of halogens is 1. The van der Waals surface area contributed by atoms with Gasteiger partial charge in [-0.2, -0.15) is 0 Å². The number of hydrogen-bond acceptors (Lipinski definition) is 7. The van der Waals surface area contributed by atoms with Crippen molar-refractivity contribution in [3.63, 3.8) is 0 Å². The molecule has 0 radical (unpaired) electrons. The van der Waals surface area contributed by atoms with Gasteiger partial charge in [-0.05, 0) is 18.4 Å². The largest absolute Gasteiger partial charge is 0.496 e. The molecule has 0 amide bonds. The molecule has 5 rings (SSSR count). The summed E-state index contributed by atoms with van der Waals surface area (Å²) in [4.78, 5) is 33.0. The molecule has 0 aromatic heterocycles. The average molecular weight is 484 g/mol. The summed E-state index contributed by atoms with van der Waals surface area (Å²) in [7, 11) is 2.90. The van der Waals surface area contributed by atoms with Gasteiger partial charge in [0.2, 0.25) is 11.4 Å². The number of carbonyl (C=O) groups is 2. The third-order valence-electron chi connectivity index (χ3n) is 7.35. The van der Waals surface area contributed by atoms with Crippen LogP contribution >= 0.6 is 11.6 Å². The first-order valence-electron chi connectivity index (χ1n) is 11.3. The summed E-state index contributed by atoms with van der Waals surface area (Å²) in [5.74, 6) is -1.46. The van der Waals surface area contributed by atoms with E-state index in [9.17, 15) is 14.7 Å². The second-order valence-corrected chi connectivity index (χ2v) is 9.50. The molecule has 1 aliphatic carbocycles. The Hall–Kier alpha value is -2.90. The van der Waals surface area contributed by atoms with Gasteiger partial charge in [-0.1, -0.05) is 48.9 Å². The van der Waals surface area contributed by atoms with Gasteiger partial charge in [0, 0.05) is 23.6 Å². The highest BCUT2D eigenvalue weighted by Crippen LogP contribution is 2.55. The van der Waals surface area contributed by atoms with E-state index in [-0.39, 0.29) is 46.4 Å². The number of ether oxygens (including phenoxy) is 3. The van der Waals surface area contributed by atoms with Crippen LogP contribution in [0.5, 0.6) is 17.2 Å². The summed E-state index contributed by atoms with van der Waals surface area (Å²) in [6.07, 6.45) is 0.900. The second-order valence-electron chi connectivity index (χ2n) is 9.12. The molecule has 5 atom stereocenters. The lowest BCUT2D eigenvalue weighted by molar-refractivity contribution is -0.137. The maximum Gasteiger partial charge on any atom is 0.233 e. The normalized spacial score (nSPS) is 29.9. The Morgan fingerprint density at radius 1 is 1.18 bits per heavy atom. The summed E-state index contributed by atoms with van der Waals surface area (Å²) in [5.41, 5.74) is 0.116. The minimum Gasteiger partial charge on any atom is -0.496 e. The molecule has 1 spiro atoms. The van der Waals surface area contributed by atoms with Gasteiger partial charge < -0.3 is 19.3 Å². The van der Waals surface area contributed by atoms with Crippen molar-refractivity contribution in [3.05, 3.63) is 52.5 Å². The molecule has 1 saturated carbocycles. The van der Waals surface area contributed by atoms with Gasteiger partial charge >= 0.3 is 0 Å². The number of carbonyl (C=O) groups excluding carboxylic acids is 2. The molecular weight excluding hydrogens is 458 g/mol. The van der Waals surface area contributed by atoms with Crippen molar-refractivity contribution in [2.75, 3.05) is 20.8 Å². The number of benzene rings is 2. The number of ketones is 2. The van der Waals surface area contributed by atoms with E-state index < -0.39 is 23.2 Å². The van der Waals surface area contributed by atoms with Crippen molar-refractivity contribution in [1.82, 2.24) is 0 Å². The first-order chi connectivity index (χ1) is 16.4. The summed E-state index contributed by atoms with van der Waals surface area (Å²) in [5, 5.41) is 10.0. The fourth-order valence-corrected chi connectivity index (χ4v) is 5.97. The van der Waals surface area contributed by atoms with Crippen LogP contribution in [0.4, 0.5) is 0 Å². The van der Waals surface area contributed by atoms with E-state index in [1.54, 1.807) is 0 Å². The highest BCUT2D eigenvalue weighted by atomic mass is 35.5. The molecular formula is C26H26ClNO6. The molecule has 2 aromatic rings. The average Bonchev–Trinajstić information content (AvgIpc) is 3.17. The summed E-state index contributed by atoms with van der Waals surface area (Å²) in [6, 6.07) is 10.9. The summed E-state index contributed by atoms with van der Waals surface area (Å²) in [6.45, 7) is 1.72. The van der Waals surface area contributed by atoms with Gasteiger partial charge in [-0.3, -0.25) is 14.6 Å². The first kappa shape index (κ1) is 22.9. The van der Waals surface area contributed by atoms with Crippen molar-refractivity contribution in [1.29, 1.82) is 0 Å². The Balaban J connectivity index is 1.65. The monoisotopic (exact) mass is 483 g/mol. The van der Waals surface area contributed by atoms with E-state index in [4.69, 9.17) is 30.8 Å². The van der Waals surface area contributed by atoms with Gasteiger partial charge in [0.1, 0.15) is 22.1 Å². The predicted molar refractivity (Wildman–Crippen MR) is 127 cm³/mol. The second kappa shape index (κ2) is 8.40. The molecule has 3 aliphatic rings. The Labute approximate surface area is 202 Å². The van der Waals surface area contributed by atoms with Crippen molar-refractivity contribution in [2.45, 2.75) is 37.3 Å². The van der Waals surface area contributed by atoms with E-state index in [1.165, 1.54) is 20.3 Å². The summed E-state index contributed by atoms with van der Waals surface area (Å²) < 4.78 is 17.1. The van der Waals surface area contributed by atoms with Crippen LogP contribution in [0.25, 0.3) is 0 Å². The first-order valence-corrected chi connectivity index (χ1v) is 11.7. The molecule has 8 heteroatoms. The number of hydrogen-bond donors (Lipinski definition) is 1. The highest BCUT2D eigenvalue weighted by molar-refractivity contribution is 6.36. The third-order valence-corrected chi connectivity index (χ3v) is 7.71. The van der Waals surface area contributed by atoms with Gasteiger partial charge in [-0.25, -0.2) is 0 Å². The Morgan fingerprint density at radius 2 is 1.88 bits per heavy atom. The minimum absolute atomic E-state index is 0.0965. The van der Waals surface area contributed by atoms with E-state index in [0.29, 0.717) is 24.3 Å². The topological polar surface area (TPSA) is 94.4 Å². The molecule has 34 heavy (non-hydrogen) atoms. The van der Waals surface area contributed by atoms with Crippen LogP contribution in [-0.2, 0) is 4.79 Å². The SMILES string of the molecule is COc1cc(OC)c2c(c1Cl)OC1(C2=O)C(=O)C2C(=NC(CO)CC2c2ccccc2)CC1C. The Kier molecular flexibility index (Phi) is 5.65. The van der Waals surface area contributed by atoms with Gasteiger partial charge in [0.15, 0.2) is 11.5 Å². The van der Waals surface area contributed by atoms with Crippen LogP contribution in [0.3, 0.4) is 0 Å². The van der Waals surface area contributed by atoms with Crippen molar-refractivity contribution >= 4 is 28.9 Å². The Morgan fingerprint density at radius 3 is 2.53 bits per heavy atom. The number of aliphatic imine (C=N–C) groups is 1. The molecule has 0 saturated heterocycles. The zero-order valence-electron chi connectivity index (χ0n) is 19.2. The molecule has 0 bridgehead atoms. The summed E-state index contributed by atoms with van der Waals surface area (Å²) >= 11 is 6.53. The van der Waals surface area contributed by atoms with E-state index >= 15 is 0 Å². The minimum atomic E-state index is -1.73. The molecule has 178 valence electrons. The number of methoxy groups -OCH3 is 2. The van der Waals surface area contributed by atoms with Crippen molar-refractivity contribution < 1.29 is 28.9 Å². The predicted octanol–water partition coefficient (Wildman–Crippen LogP) is 3.89. The number of Topliss-reactive ketones (excluding diaryl/α,β-unsaturated/α-hetero) is 2. The molecule has 2 aromatic carbocycles. The van der Waals surface area contributed by atoms with E-state index in [2.05, 4.69) is 0 Å². The van der Waals surface area contributed by atoms with Crippen LogP contribution in [0.2, 0.25) is 5.02 Å². The van der Waals surface area contributed by atoms with Crippen LogP contribution in [0.1, 0.15) is 41.6 Å². The molecule has 2 aliphatic heterocycles. The zero-order chi connectivity index (χ0) is 24.2. The number of fused-ring (bicyclic) bond motifs is 2. The molecule has 1 fully saturated rings. The number of rotatable bonds is 4.